The van der Waals surface area contributed by atoms with Gasteiger partial charge in [-0.1, -0.05) is 73.6 Å². The number of nitrogens with one attached hydrogen (secondary N) is 4. The zero-order chi connectivity index (χ0) is 44.3. The minimum absolute atomic E-state index is 0.0405. The number of carbonyl (C=O) groups excluding carboxylic acids is 5. The highest BCUT2D eigenvalue weighted by Crippen LogP contribution is 2.65. The number of hydrogen-bond donors (Lipinski definition) is 7. The van der Waals surface area contributed by atoms with Crippen LogP contribution in [0.5, 0.6) is 0 Å². The standard InChI is InChI=1S/C42H69BN6O11/c1-22(2)34(47-37(55)27(16-17-32(50)51)45-36(54)26(44)21-33(52)53)39(57)48-35(23(3)4)40(58)49-18-10-14-28(49)38(56)46-31(15-9-13-24-11-8-12-24)43-59-30-20-25-19-29(41(25,5)6)42(30,7)60-43/h22-31,34-35H,8-21,44H2,1-7H3,(H,45,54)(H,46,56)(H,47,55)(H,48,57)(H,50,51)(H,52,53)/t25-,26-,27-,28-,29-,30-,31+,34-,35-,42+/m0/s1. The second-order valence-corrected chi connectivity index (χ2v) is 19.5. The van der Waals surface area contributed by atoms with Gasteiger partial charge in [-0.25, -0.2) is 0 Å². The molecular formula is C42H69BN6O11. The number of carboxylic acids is 2. The molecule has 0 radical (unpaired) electrons. The van der Waals surface area contributed by atoms with Crippen LogP contribution in [0, 0.1) is 35.0 Å². The van der Waals surface area contributed by atoms with E-state index < -0.39 is 109 Å². The summed E-state index contributed by atoms with van der Waals surface area (Å²) < 4.78 is 13.5. The second-order valence-electron chi connectivity index (χ2n) is 19.5. The molecule has 10 atom stereocenters. The minimum Gasteiger partial charge on any atom is -0.481 e. The molecule has 0 aromatic heterocycles. The van der Waals surface area contributed by atoms with Gasteiger partial charge in [-0.3, -0.25) is 33.6 Å². The van der Waals surface area contributed by atoms with Crippen LogP contribution < -0.4 is 27.0 Å². The summed E-state index contributed by atoms with van der Waals surface area (Å²) in [6.45, 7) is 14.0. The molecular weight excluding hydrogens is 775 g/mol. The molecule has 4 aliphatic carbocycles. The van der Waals surface area contributed by atoms with Crippen LogP contribution >= 0.6 is 0 Å². The van der Waals surface area contributed by atoms with E-state index in [0.717, 1.165) is 25.7 Å². The van der Waals surface area contributed by atoms with Gasteiger partial charge in [-0.2, -0.15) is 0 Å². The van der Waals surface area contributed by atoms with Gasteiger partial charge in [0.1, 0.15) is 24.2 Å². The largest absolute Gasteiger partial charge is 0.481 e. The summed E-state index contributed by atoms with van der Waals surface area (Å²) in [5.41, 5.74) is 5.40. The number of amides is 5. The summed E-state index contributed by atoms with van der Waals surface area (Å²) in [7, 11) is -0.601. The van der Waals surface area contributed by atoms with Crippen LogP contribution in [0.4, 0.5) is 0 Å². The van der Waals surface area contributed by atoms with Crippen molar-refractivity contribution in [2.24, 2.45) is 40.7 Å². The number of rotatable bonds is 21. The number of hydrogen-bond acceptors (Lipinski definition) is 10. The lowest BCUT2D eigenvalue weighted by molar-refractivity contribution is -0.199. The van der Waals surface area contributed by atoms with Crippen LogP contribution in [0.15, 0.2) is 0 Å². The fraction of sp³-hybridized carbons (Fsp3) is 0.833. The van der Waals surface area contributed by atoms with Crippen molar-refractivity contribution in [1.29, 1.82) is 0 Å². The Kier molecular flexibility index (Phi) is 15.4. The molecule has 17 nitrogen and oxygen atoms in total. The van der Waals surface area contributed by atoms with E-state index in [4.69, 9.17) is 20.1 Å². The summed E-state index contributed by atoms with van der Waals surface area (Å²) in [6, 6.07) is -5.99. The van der Waals surface area contributed by atoms with Crippen LogP contribution in [0.2, 0.25) is 0 Å². The molecule has 2 aliphatic heterocycles. The molecule has 5 amide bonds. The van der Waals surface area contributed by atoms with Gasteiger partial charge in [0.05, 0.1) is 30.1 Å². The maximum absolute atomic E-state index is 14.4. The molecule has 2 heterocycles. The Hall–Kier alpha value is -3.77. The third-order valence-electron chi connectivity index (χ3n) is 14.3. The predicted octanol–water partition coefficient (Wildman–Crippen LogP) is 2.13. The van der Waals surface area contributed by atoms with Gasteiger partial charge in [0.15, 0.2) is 0 Å². The summed E-state index contributed by atoms with van der Waals surface area (Å²) >= 11 is 0. The Bertz CT molecular complexity index is 1630. The van der Waals surface area contributed by atoms with E-state index in [2.05, 4.69) is 42.0 Å². The number of carboxylic acid groups (broad SMARTS) is 2. The first-order chi connectivity index (χ1) is 28.1. The Labute approximate surface area is 354 Å². The van der Waals surface area contributed by atoms with E-state index in [-0.39, 0.29) is 23.8 Å². The molecule has 2 bridgehead atoms. The third kappa shape index (κ3) is 10.6. The van der Waals surface area contributed by atoms with Crippen molar-refractivity contribution < 1.29 is 53.1 Å². The van der Waals surface area contributed by atoms with Gasteiger partial charge in [0, 0.05) is 13.0 Å². The highest BCUT2D eigenvalue weighted by atomic mass is 16.7. The van der Waals surface area contributed by atoms with Crippen LogP contribution in [-0.4, -0.2) is 118 Å². The van der Waals surface area contributed by atoms with Crippen molar-refractivity contribution in [3.63, 3.8) is 0 Å². The van der Waals surface area contributed by atoms with Crippen molar-refractivity contribution in [1.82, 2.24) is 26.2 Å². The molecule has 0 unspecified atom stereocenters. The van der Waals surface area contributed by atoms with Gasteiger partial charge in [-0.15, -0.1) is 0 Å². The molecule has 60 heavy (non-hydrogen) atoms. The van der Waals surface area contributed by atoms with Crippen molar-refractivity contribution >= 4 is 48.6 Å². The lowest BCUT2D eigenvalue weighted by Crippen LogP contribution is -2.65. The quantitative estimate of drug-likeness (QED) is 0.0821. The first kappa shape index (κ1) is 47.3. The highest BCUT2D eigenvalue weighted by Gasteiger charge is 2.68. The molecule has 18 heteroatoms. The summed E-state index contributed by atoms with van der Waals surface area (Å²) in [6.07, 6.45) is 7.88. The number of nitrogens with zero attached hydrogens (tertiary/aromatic N) is 1. The molecule has 0 aromatic carbocycles. The Morgan fingerprint density at radius 1 is 0.817 bits per heavy atom. The van der Waals surface area contributed by atoms with Gasteiger partial charge in [-0.05, 0) is 80.5 Å². The monoisotopic (exact) mass is 845 g/mol. The molecule has 2 saturated heterocycles. The highest BCUT2D eigenvalue weighted by molar-refractivity contribution is 6.48. The number of likely N-dealkylation sites (tertiary alicyclic amines) is 1. The van der Waals surface area contributed by atoms with Crippen LogP contribution in [0.1, 0.15) is 132 Å². The first-order valence-corrected chi connectivity index (χ1v) is 22.2. The number of carbonyl (C=O) groups is 7. The fourth-order valence-electron chi connectivity index (χ4n) is 10.2. The smallest absolute Gasteiger partial charge is 0.481 e. The number of nitrogens with two attached hydrogens (primary N) is 1. The lowest BCUT2D eigenvalue weighted by Gasteiger charge is -2.64. The van der Waals surface area contributed by atoms with Crippen molar-refractivity contribution in [2.75, 3.05) is 6.54 Å². The van der Waals surface area contributed by atoms with Crippen molar-refractivity contribution in [3.8, 4) is 0 Å². The van der Waals surface area contributed by atoms with E-state index in [1.165, 1.54) is 24.2 Å². The van der Waals surface area contributed by atoms with E-state index >= 15 is 0 Å². The summed E-state index contributed by atoms with van der Waals surface area (Å²) in [4.78, 5) is 92.6. The molecule has 8 N–H and O–H groups in total. The van der Waals surface area contributed by atoms with E-state index in [1.807, 2.05) is 0 Å². The SMILES string of the molecule is CC(C)[C@H](NC(=O)[C@H](CCC(=O)O)NC(=O)[C@@H](N)CC(=O)O)C(=O)N[C@H](C(=O)N1CCC[C@H]1C(=O)N[C@H](CCCC1CCC1)B1O[C@H]2C[C@@H]3C[C@@H](C3(C)C)[C@@]2(C)O1)C(C)C. The fourth-order valence-corrected chi connectivity index (χ4v) is 10.2. The van der Waals surface area contributed by atoms with Crippen molar-refractivity contribution in [3.05, 3.63) is 0 Å². The average molecular weight is 845 g/mol. The molecule has 6 rings (SSSR count). The zero-order valence-electron chi connectivity index (χ0n) is 36.5. The van der Waals surface area contributed by atoms with Crippen LogP contribution in [0.25, 0.3) is 0 Å². The van der Waals surface area contributed by atoms with Gasteiger partial charge < -0.3 is 51.4 Å². The second kappa shape index (κ2) is 19.5. The molecule has 0 aromatic rings. The minimum atomic E-state index is -1.50. The lowest BCUT2D eigenvalue weighted by atomic mass is 9.43. The Morgan fingerprint density at radius 2 is 1.48 bits per heavy atom. The molecule has 6 aliphatic rings. The van der Waals surface area contributed by atoms with Gasteiger partial charge in [0.25, 0.3) is 0 Å². The van der Waals surface area contributed by atoms with Crippen LogP contribution in [0.3, 0.4) is 0 Å². The molecule has 4 saturated carbocycles. The van der Waals surface area contributed by atoms with E-state index in [1.54, 1.807) is 27.7 Å². The van der Waals surface area contributed by atoms with Gasteiger partial charge >= 0.3 is 19.1 Å². The average Bonchev–Trinajstić information content (AvgIpc) is 3.78. The summed E-state index contributed by atoms with van der Waals surface area (Å²) in [5, 5.41) is 29.3. The zero-order valence-corrected chi connectivity index (χ0v) is 36.5. The number of aliphatic carboxylic acids is 2. The van der Waals surface area contributed by atoms with Crippen LogP contribution in [-0.2, 0) is 42.9 Å². The van der Waals surface area contributed by atoms with Crippen molar-refractivity contribution in [2.45, 2.75) is 180 Å². The van der Waals surface area contributed by atoms with Gasteiger partial charge in [0.2, 0.25) is 29.5 Å². The Morgan fingerprint density at radius 3 is 2.07 bits per heavy atom. The predicted molar refractivity (Wildman–Crippen MR) is 221 cm³/mol. The molecule has 336 valence electrons. The maximum Gasteiger partial charge on any atom is 0.481 e. The summed E-state index contributed by atoms with van der Waals surface area (Å²) in [5.74, 6) is -5.50. The maximum atomic E-state index is 14.4. The molecule has 6 fully saturated rings. The molecule has 0 spiro atoms. The van der Waals surface area contributed by atoms with E-state index in [0.29, 0.717) is 43.6 Å². The Balaban J connectivity index is 1.25. The first-order valence-electron chi connectivity index (χ1n) is 22.2. The topological polar surface area (TPSA) is 256 Å². The van der Waals surface area contributed by atoms with E-state index in [9.17, 15) is 38.7 Å². The normalized spacial score (nSPS) is 28.0. The third-order valence-corrected chi connectivity index (χ3v) is 14.3.